The molecule has 0 spiro atoms. The second-order valence-electron chi connectivity index (χ2n) is 7.21. The summed E-state index contributed by atoms with van der Waals surface area (Å²) in [6.45, 7) is 0. The van der Waals surface area contributed by atoms with Crippen molar-refractivity contribution >= 4 is 89.4 Å². The van der Waals surface area contributed by atoms with Crippen molar-refractivity contribution in [3.8, 4) is 0 Å². The molecule has 1 aromatic heterocycles. The van der Waals surface area contributed by atoms with Crippen LogP contribution in [0.5, 0.6) is 0 Å². The number of β-lactam (4-membered cyclic amide) rings is 1. The number of aryl methyl sites for hydroxylation is 1. The Kier molecular flexibility index (Phi) is 7.68. The third kappa shape index (κ3) is 5.09. The largest absolute Gasteiger partial charge is 0.477 e. The number of thioether (sulfide) groups is 2. The lowest BCUT2D eigenvalue weighted by molar-refractivity contribution is -0.147. The third-order valence-electron chi connectivity index (χ3n) is 5.02. The number of alkyl halides is 3. The smallest absolute Gasteiger partial charge is 0.352 e. The Balaban J connectivity index is 1.48. The lowest BCUT2D eigenvalue weighted by Crippen LogP contribution is -2.64. The Bertz CT molecular complexity index is 1130. The van der Waals surface area contributed by atoms with E-state index in [-0.39, 0.29) is 21.8 Å². The van der Waals surface area contributed by atoms with Gasteiger partial charge in [0.05, 0.1) is 4.83 Å². The first-order chi connectivity index (χ1) is 15.7. The molecule has 0 saturated carbocycles. The zero-order chi connectivity index (χ0) is 23.8. The number of benzene rings is 1. The van der Waals surface area contributed by atoms with Gasteiger partial charge in [-0.2, -0.15) is 0 Å². The fraction of sp³-hybridized carbons (Fsp3) is 0.368. The number of amides is 1. The minimum absolute atomic E-state index is 0.0319. The van der Waals surface area contributed by atoms with Gasteiger partial charge < -0.3 is 5.11 Å². The highest BCUT2D eigenvalue weighted by molar-refractivity contribution is 9.26. The highest BCUT2D eigenvalue weighted by atomic mass is 79.9. The summed E-state index contributed by atoms with van der Waals surface area (Å²) in [5, 5.41) is 21.3. The number of aliphatic imine (C=N–C) groups is 1. The lowest BCUT2D eigenvalue weighted by atomic mass is 10.0. The molecule has 4 rings (SSSR count). The molecule has 0 radical (unpaired) electrons. The van der Waals surface area contributed by atoms with Crippen LogP contribution in [0.2, 0.25) is 0 Å². The molecule has 1 amide bonds. The minimum Gasteiger partial charge on any atom is -0.477 e. The van der Waals surface area contributed by atoms with Crippen molar-refractivity contribution in [2.45, 2.75) is 24.6 Å². The van der Waals surface area contributed by atoms with Crippen molar-refractivity contribution in [2.75, 3.05) is 11.5 Å². The molecule has 14 heteroatoms. The zero-order valence-electron chi connectivity index (χ0n) is 17.0. The van der Waals surface area contributed by atoms with Crippen molar-refractivity contribution in [3.05, 3.63) is 47.2 Å². The lowest BCUT2D eigenvalue weighted by Gasteiger charge is -2.48. The van der Waals surface area contributed by atoms with E-state index in [2.05, 4.69) is 68.3 Å². The summed E-state index contributed by atoms with van der Waals surface area (Å²) in [6.07, 6.45) is 1.65. The number of tetrazole rings is 1. The molecule has 0 aliphatic carbocycles. The van der Waals surface area contributed by atoms with E-state index in [1.165, 1.54) is 33.1 Å². The summed E-state index contributed by atoms with van der Waals surface area (Å²) in [6, 6.07) is 9.15. The SMILES string of the molecule is Cn1nnnc1SCC1=C(C(=O)O)N2C(=O)[C@@H](N=CC(Br)(Br)C(Br)c3ccccc3)[C@@H]2SC1. The van der Waals surface area contributed by atoms with E-state index in [0.29, 0.717) is 22.2 Å². The van der Waals surface area contributed by atoms with Gasteiger partial charge in [-0.1, -0.05) is 89.9 Å². The van der Waals surface area contributed by atoms with Crippen LogP contribution in [-0.2, 0) is 16.6 Å². The second-order valence-corrected chi connectivity index (χ2v) is 13.9. The first-order valence-electron chi connectivity index (χ1n) is 9.57. The van der Waals surface area contributed by atoms with Crippen LogP contribution in [0.3, 0.4) is 0 Å². The normalized spacial score (nSPS) is 21.8. The number of hydrogen-bond acceptors (Lipinski definition) is 8. The number of carboxylic acids is 1. The van der Waals surface area contributed by atoms with Crippen LogP contribution < -0.4 is 0 Å². The minimum atomic E-state index is -1.12. The molecule has 2 aromatic rings. The van der Waals surface area contributed by atoms with Crippen LogP contribution >= 0.6 is 71.3 Å². The summed E-state index contributed by atoms with van der Waals surface area (Å²) in [5.74, 6) is -0.589. The maximum Gasteiger partial charge on any atom is 0.352 e. The molecule has 1 N–H and O–H groups in total. The number of carboxylic acid groups (broad SMARTS) is 1. The van der Waals surface area contributed by atoms with Gasteiger partial charge in [-0.25, -0.2) is 9.48 Å². The van der Waals surface area contributed by atoms with Crippen molar-refractivity contribution < 1.29 is 14.7 Å². The number of rotatable bonds is 8. The van der Waals surface area contributed by atoms with Crippen molar-refractivity contribution in [2.24, 2.45) is 12.0 Å². The number of hydrogen-bond donors (Lipinski definition) is 1. The molecular weight excluding hydrogens is 664 g/mol. The van der Waals surface area contributed by atoms with Crippen molar-refractivity contribution in [3.63, 3.8) is 0 Å². The highest BCUT2D eigenvalue weighted by Crippen LogP contribution is 2.46. The summed E-state index contributed by atoms with van der Waals surface area (Å²) >= 11 is 13.8. The predicted molar refractivity (Wildman–Crippen MR) is 138 cm³/mol. The van der Waals surface area contributed by atoms with E-state index < -0.39 is 15.2 Å². The second kappa shape index (κ2) is 10.2. The van der Waals surface area contributed by atoms with Crippen LogP contribution in [0.25, 0.3) is 0 Å². The fourth-order valence-corrected chi connectivity index (χ4v) is 6.88. The van der Waals surface area contributed by atoms with E-state index in [0.717, 1.165) is 5.56 Å². The molecule has 174 valence electrons. The topological polar surface area (TPSA) is 114 Å². The zero-order valence-corrected chi connectivity index (χ0v) is 23.4. The number of nitrogens with zero attached hydrogens (tertiary/aromatic N) is 6. The van der Waals surface area contributed by atoms with Crippen LogP contribution in [-0.4, -0.2) is 74.5 Å². The Morgan fingerprint density at radius 2 is 2.15 bits per heavy atom. The van der Waals surface area contributed by atoms with Crippen LogP contribution in [0, 0.1) is 0 Å². The standard InChI is InChI=1S/C19H17Br3N6O3S2/c1-27-18(24-25-26-27)33-8-11-7-32-16-12(15(29)28(16)13(11)17(30)31)23-9-19(21,22)14(20)10-5-3-2-4-6-10/h2-6,9,12,14,16H,7-8H2,1H3,(H,30,31)/t12-,14?,16+/m1/s1. The molecule has 9 nitrogen and oxygen atoms in total. The van der Waals surface area contributed by atoms with Crippen molar-refractivity contribution in [1.29, 1.82) is 0 Å². The Morgan fingerprint density at radius 3 is 2.79 bits per heavy atom. The summed E-state index contributed by atoms with van der Waals surface area (Å²) in [4.78, 5) is 30.7. The quantitative estimate of drug-likeness (QED) is 0.195. The Labute approximate surface area is 223 Å². The fourth-order valence-electron chi connectivity index (χ4n) is 3.36. The molecule has 33 heavy (non-hydrogen) atoms. The van der Waals surface area contributed by atoms with E-state index in [1.807, 2.05) is 30.3 Å². The molecule has 3 heterocycles. The Hall–Kier alpha value is -1.22. The van der Waals surface area contributed by atoms with Gasteiger partial charge in [0.1, 0.15) is 14.3 Å². The Morgan fingerprint density at radius 1 is 1.42 bits per heavy atom. The van der Waals surface area contributed by atoms with Gasteiger partial charge in [0.15, 0.2) is 6.04 Å². The van der Waals surface area contributed by atoms with Gasteiger partial charge in [0, 0.05) is 24.8 Å². The average molecular weight is 681 g/mol. The van der Waals surface area contributed by atoms with E-state index >= 15 is 0 Å². The van der Waals surface area contributed by atoms with Crippen LogP contribution in [0.15, 0.2) is 51.8 Å². The monoisotopic (exact) mass is 678 g/mol. The molecule has 1 unspecified atom stereocenters. The molecule has 0 bridgehead atoms. The van der Waals surface area contributed by atoms with E-state index in [9.17, 15) is 14.7 Å². The molecule has 1 aromatic carbocycles. The van der Waals surface area contributed by atoms with Gasteiger partial charge in [0.2, 0.25) is 5.16 Å². The number of aliphatic carboxylic acids is 1. The predicted octanol–water partition coefficient (Wildman–Crippen LogP) is 3.62. The number of halogens is 3. The highest BCUT2D eigenvalue weighted by Gasteiger charge is 2.53. The molecule has 2 aliphatic rings. The van der Waals surface area contributed by atoms with E-state index in [4.69, 9.17) is 0 Å². The molecular formula is C19H17Br3N6O3S2. The number of aromatic nitrogens is 4. The number of fused-ring (bicyclic) bond motifs is 1. The third-order valence-corrected chi connectivity index (χ3v) is 11.2. The number of carbonyl (C=O) groups excluding carboxylic acids is 1. The van der Waals surface area contributed by atoms with Gasteiger partial charge in [-0.3, -0.25) is 14.7 Å². The molecule has 2 aliphatic heterocycles. The van der Waals surface area contributed by atoms with Crippen LogP contribution in [0.4, 0.5) is 0 Å². The summed E-state index contributed by atoms with van der Waals surface area (Å²) < 4.78 is 0.794. The summed E-state index contributed by atoms with van der Waals surface area (Å²) in [5.41, 5.74) is 1.72. The van der Waals surface area contributed by atoms with E-state index in [1.54, 1.807) is 13.3 Å². The number of carbonyl (C=O) groups is 2. The molecule has 3 atom stereocenters. The summed E-state index contributed by atoms with van der Waals surface area (Å²) in [7, 11) is 1.71. The van der Waals surface area contributed by atoms with Gasteiger partial charge in [-0.05, 0) is 21.6 Å². The maximum atomic E-state index is 12.9. The van der Waals surface area contributed by atoms with Gasteiger partial charge in [-0.15, -0.1) is 16.9 Å². The molecule has 1 saturated heterocycles. The maximum absolute atomic E-state index is 12.9. The van der Waals surface area contributed by atoms with Gasteiger partial charge >= 0.3 is 5.97 Å². The molecule has 1 fully saturated rings. The van der Waals surface area contributed by atoms with Gasteiger partial charge in [0.25, 0.3) is 5.91 Å². The van der Waals surface area contributed by atoms with Crippen LogP contribution in [0.1, 0.15) is 10.4 Å². The van der Waals surface area contributed by atoms with Crippen molar-refractivity contribution in [1.82, 2.24) is 25.1 Å². The first-order valence-corrected chi connectivity index (χ1v) is 14.1. The first kappa shape index (κ1) is 24.9. The average Bonchev–Trinajstić information content (AvgIpc) is 3.21.